The van der Waals surface area contributed by atoms with Gasteiger partial charge in [-0.2, -0.15) is 23.5 Å². The summed E-state index contributed by atoms with van der Waals surface area (Å²) < 4.78 is 0. The van der Waals surface area contributed by atoms with Crippen molar-refractivity contribution in [3.8, 4) is 0 Å². The van der Waals surface area contributed by atoms with E-state index in [4.69, 9.17) is 10.8 Å². The second-order valence-corrected chi connectivity index (χ2v) is 8.84. The summed E-state index contributed by atoms with van der Waals surface area (Å²) in [5, 5.41) is 1.74. The van der Waals surface area contributed by atoms with Crippen LogP contribution in [-0.4, -0.2) is 26.2 Å². The molecule has 3 unspecified atom stereocenters. The first-order chi connectivity index (χ1) is 9.19. The standard InChI is InChI=1S/C12H18N4S3/c1-6-7(2)19-10(5-18-6)12-14-9-4-17-3-8(9)11(15-12)16-13/h6-7,10H,3-5,13H2,1-2H3,(H,14,15,16). The minimum atomic E-state index is 0.388. The molecule has 1 saturated heterocycles. The minimum Gasteiger partial charge on any atom is -0.308 e. The molecule has 0 aliphatic carbocycles. The molecule has 2 aliphatic heterocycles. The number of anilines is 1. The summed E-state index contributed by atoms with van der Waals surface area (Å²) >= 11 is 5.89. The number of aromatic nitrogens is 2. The largest absolute Gasteiger partial charge is 0.308 e. The Morgan fingerprint density at radius 1 is 1.21 bits per heavy atom. The third kappa shape index (κ3) is 2.70. The molecule has 0 bridgehead atoms. The van der Waals surface area contributed by atoms with Crippen molar-refractivity contribution in [2.75, 3.05) is 11.2 Å². The van der Waals surface area contributed by atoms with Gasteiger partial charge in [0.25, 0.3) is 0 Å². The van der Waals surface area contributed by atoms with Crippen LogP contribution < -0.4 is 11.3 Å². The van der Waals surface area contributed by atoms with Crippen molar-refractivity contribution < 1.29 is 0 Å². The van der Waals surface area contributed by atoms with E-state index in [2.05, 4.69) is 24.3 Å². The predicted octanol–water partition coefficient (Wildman–Crippen LogP) is 2.81. The average Bonchev–Trinajstić information content (AvgIpc) is 2.89. The van der Waals surface area contributed by atoms with Crippen LogP contribution in [-0.2, 0) is 11.5 Å². The normalized spacial score (nSPS) is 30.2. The van der Waals surface area contributed by atoms with Crippen LogP contribution in [0.15, 0.2) is 0 Å². The van der Waals surface area contributed by atoms with Gasteiger partial charge in [0, 0.05) is 33.3 Å². The monoisotopic (exact) mass is 314 g/mol. The summed E-state index contributed by atoms with van der Waals surface area (Å²) in [5.41, 5.74) is 5.10. The molecule has 1 aromatic rings. The Bertz CT molecular complexity index is 482. The van der Waals surface area contributed by atoms with Crippen LogP contribution in [0.5, 0.6) is 0 Å². The summed E-state index contributed by atoms with van der Waals surface area (Å²) in [7, 11) is 0. The van der Waals surface area contributed by atoms with Gasteiger partial charge in [-0.25, -0.2) is 15.8 Å². The number of nitrogen functional groups attached to an aromatic ring is 1. The number of hydrogen-bond donors (Lipinski definition) is 2. The highest BCUT2D eigenvalue weighted by atomic mass is 32.2. The molecular weight excluding hydrogens is 296 g/mol. The molecule has 0 saturated carbocycles. The lowest BCUT2D eigenvalue weighted by Crippen LogP contribution is -2.24. The van der Waals surface area contributed by atoms with Crippen molar-refractivity contribution in [2.24, 2.45) is 5.84 Å². The molecule has 3 heterocycles. The Balaban J connectivity index is 1.89. The van der Waals surface area contributed by atoms with Gasteiger partial charge in [0.15, 0.2) is 0 Å². The summed E-state index contributed by atoms with van der Waals surface area (Å²) in [6, 6.07) is 0. The van der Waals surface area contributed by atoms with Gasteiger partial charge in [-0.3, -0.25) is 0 Å². The van der Waals surface area contributed by atoms with E-state index in [-0.39, 0.29) is 0 Å². The molecule has 7 heteroatoms. The lowest BCUT2D eigenvalue weighted by molar-refractivity contribution is 0.848. The molecule has 0 spiro atoms. The Hall–Kier alpha value is -0.110. The minimum absolute atomic E-state index is 0.388. The van der Waals surface area contributed by atoms with E-state index >= 15 is 0 Å². The Kier molecular flexibility index (Phi) is 4.17. The second kappa shape index (κ2) is 5.71. The maximum absolute atomic E-state index is 5.61. The summed E-state index contributed by atoms with van der Waals surface area (Å²) in [6.07, 6.45) is 0. The Labute approximate surface area is 126 Å². The zero-order chi connectivity index (χ0) is 13.4. The van der Waals surface area contributed by atoms with E-state index in [0.29, 0.717) is 15.7 Å². The molecule has 19 heavy (non-hydrogen) atoms. The number of nitrogens with zero attached hydrogens (tertiary/aromatic N) is 2. The van der Waals surface area contributed by atoms with E-state index in [0.717, 1.165) is 28.9 Å². The smallest absolute Gasteiger partial charge is 0.148 e. The van der Waals surface area contributed by atoms with Gasteiger partial charge in [0.1, 0.15) is 11.6 Å². The fraction of sp³-hybridized carbons (Fsp3) is 0.667. The van der Waals surface area contributed by atoms with E-state index in [1.807, 2.05) is 35.3 Å². The quantitative estimate of drug-likeness (QED) is 0.643. The number of nitrogens with one attached hydrogen (secondary N) is 1. The summed E-state index contributed by atoms with van der Waals surface area (Å²) in [6.45, 7) is 4.59. The van der Waals surface area contributed by atoms with Gasteiger partial charge in [-0.05, 0) is 0 Å². The number of fused-ring (bicyclic) bond motifs is 1. The SMILES string of the molecule is CC1SCC(c2nc3c(c(NN)n2)CSC3)SC1C. The number of thioether (sulfide) groups is 3. The first-order valence-corrected chi connectivity index (χ1v) is 9.54. The zero-order valence-corrected chi connectivity index (χ0v) is 13.5. The number of hydrazine groups is 1. The van der Waals surface area contributed by atoms with Crippen LogP contribution in [0.2, 0.25) is 0 Å². The topological polar surface area (TPSA) is 63.8 Å². The lowest BCUT2D eigenvalue weighted by atomic mass is 10.2. The molecule has 1 fully saturated rings. The molecule has 104 valence electrons. The van der Waals surface area contributed by atoms with E-state index in [1.165, 1.54) is 11.3 Å². The van der Waals surface area contributed by atoms with Gasteiger partial charge in [-0.1, -0.05) is 13.8 Å². The van der Waals surface area contributed by atoms with Gasteiger partial charge < -0.3 is 5.43 Å². The van der Waals surface area contributed by atoms with Crippen molar-refractivity contribution >= 4 is 41.1 Å². The highest BCUT2D eigenvalue weighted by molar-refractivity contribution is 8.07. The van der Waals surface area contributed by atoms with Crippen LogP contribution in [0, 0.1) is 0 Å². The van der Waals surface area contributed by atoms with Gasteiger partial charge in [-0.15, -0.1) is 11.8 Å². The van der Waals surface area contributed by atoms with Crippen LogP contribution in [0.1, 0.15) is 36.2 Å². The maximum atomic E-state index is 5.61. The predicted molar refractivity (Wildman–Crippen MR) is 86.6 cm³/mol. The van der Waals surface area contributed by atoms with Crippen LogP contribution in [0.3, 0.4) is 0 Å². The Morgan fingerprint density at radius 3 is 2.79 bits per heavy atom. The first kappa shape index (κ1) is 13.9. The fourth-order valence-electron chi connectivity index (χ4n) is 2.25. The molecule has 3 atom stereocenters. The molecule has 3 N–H and O–H groups in total. The molecule has 0 aromatic carbocycles. The van der Waals surface area contributed by atoms with Crippen LogP contribution >= 0.6 is 35.3 Å². The van der Waals surface area contributed by atoms with E-state index in [9.17, 15) is 0 Å². The van der Waals surface area contributed by atoms with Gasteiger partial charge >= 0.3 is 0 Å². The highest BCUT2D eigenvalue weighted by Gasteiger charge is 2.30. The fourth-order valence-corrected chi connectivity index (χ4v) is 6.14. The number of hydrogen-bond acceptors (Lipinski definition) is 7. The summed E-state index contributed by atoms with van der Waals surface area (Å²) in [4.78, 5) is 9.43. The van der Waals surface area contributed by atoms with E-state index in [1.54, 1.807) is 0 Å². The third-order valence-corrected chi connectivity index (χ3v) is 7.93. The first-order valence-electron chi connectivity index (χ1n) is 6.40. The zero-order valence-electron chi connectivity index (χ0n) is 11.0. The Morgan fingerprint density at radius 2 is 2.05 bits per heavy atom. The molecule has 0 amide bonds. The molecule has 4 nitrogen and oxygen atoms in total. The molecule has 0 radical (unpaired) electrons. The van der Waals surface area contributed by atoms with Crippen LogP contribution in [0.4, 0.5) is 5.82 Å². The molecule has 2 aliphatic rings. The van der Waals surface area contributed by atoms with Crippen molar-refractivity contribution in [1.82, 2.24) is 9.97 Å². The average molecular weight is 315 g/mol. The van der Waals surface area contributed by atoms with Crippen molar-refractivity contribution in [2.45, 2.75) is 41.1 Å². The molecule has 1 aromatic heterocycles. The summed E-state index contributed by atoms with van der Waals surface area (Å²) in [5.74, 6) is 10.4. The number of rotatable bonds is 2. The van der Waals surface area contributed by atoms with Gasteiger partial charge in [0.05, 0.1) is 10.9 Å². The second-order valence-electron chi connectivity index (χ2n) is 4.86. The third-order valence-electron chi connectivity index (χ3n) is 3.57. The van der Waals surface area contributed by atoms with Crippen molar-refractivity contribution in [1.29, 1.82) is 0 Å². The van der Waals surface area contributed by atoms with Gasteiger partial charge in [0.2, 0.25) is 0 Å². The lowest BCUT2D eigenvalue weighted by Gasteiger charge is -2.30. The van der Waals surface area contributed by atoms with E-state index < -0.39 is 0 Å². The maximum Gasteiger partial charge on any atom is 0.148 e. The van der Waals surface area contributed by atoms with Crippen molar-refractivity contribution in [3.05, 3.63) is 17.1 Å². The number of nitrogens with two attached hydrogens (primary N) is 1. The van der Waals surface area contributed by atoms with Crippen molar-refractivity contribution in [3.63, 3.8) is 0 Å². The molecule has 3 rings (SSSR count). The highest BCUT2D eigenvalue weighted by Crippen LogP contribution is 2.44. The van der Waals surface area contributed by atoms with Crippen LogP contribution in [0.25, 0.3) is 0 Å². The molecular formula is C12H18N4S3.